The number of hydrazone groups is 1. The molecule has 1 aliphatic heterocycles. The van der Waals surface area contributed by atoms with Gasteiger partial charge in [-0.05, 0) is 30.3 Å². The molecule has 3 aromatic rings. The zero-order valence-electron chi connectivity index (χ0n) is 14.8. The van der Waals surface area contributed by atoms with Gasteiger partial charge < -0.3 is 4.74 Å². The molecule has 0 bridgehead atoms. The van der Waals surface area contributed by atoms with Crippen molar-refractivity contribution in [2.75, 3.05) is 12.1 Å². The van der Waals surface area contributed by atoms with E-state index in [9.17, 15) is 4.79 Å². The monoisotopic (exact) mass is 358 g/mol. The summed E-state index contributed by atoms with van der Waals surface area (Å²) in [4.78, 5) is 22.0. The van der Waals surface area contributed by atoms with Crippen molar-refractivity contribution in [3.63, 3.8) is 0 Å². The van der Waals surface area contributed by atoms with Gasteiger partial charge in [-0.1, -0.05) is 30.3 Å². The maximum absolute atomic E-state index is 13.3. The molecule has 1 aliphatic rings. The maximum Gasteiger partial charge on any atom is 0.256 e. The molecule has 1 unspecified atom stereocenters. The summed E-state index contributed by atoms with van der Waals surface area (Å²) in [5.41, 5.74) is 2.30. The van der Waals surface area contributed by atoms with Gasteiger partial charge in [-0.3, -0.25) is 9.78 Å². The first-order chi connectivity index (χ1) is 13.3. The minimum atomic E-state index is -0.433. The number of carbonyl (C=O) groups excluding carboxylic acids is 1. The van der Waals surface area contributed by atoms with E-state index in [1.54, 1.807) is 31.6 Å². The maximum atomic E-state index is 13.3. The number of carbonyl (C=O) groups is 1. The van der Waals surface area contributed by atoms with Crippen molar-refractivity contribution >= 4 is 17.4 Å². The lowest BCUT2D eigenvalue weighted by atomic mass is 9.89. The van der Waals surface area contributed by atoms with Gasteiger partial charge in [-0.25, -0.2) is 4.98 Å². The highest BCUT2D eigenvalue weighted by Gasteiger charge is 2.35. The number of rotatable bonds is 4. The average Bonchev–Trinajstić information content (AvgIpc) is 2.75. The molecule has 27 heavy (non-hydrogen) atoms. The first-order valence-corrected chi connectivity index (χ1v) is 8.64. The van der Waals surface area contributed by atoms with Crippen LogP contribution in [0.25, 0.3) is 0 Å². The number of hydrogen-bond acceptors (Lipinski definition) is 5. The summed E-state index contributed by atoms with van der Waals surface area (Å²) in [6, 6.07) is 18.6. The third-order valence-corrected chi connectivity index (χ3v) is 4.47. The van der Waals surface area contributed by atoms with Crippen molar-refractivity contribution in [3.8, 4) is 5.75 Å². The predicted octanol–water partition coefficient (Wildman–Crippen LogP) is 3.41. The van der Waals surface area contributed by atoms with Crippen LogP contribution in [0, 0.1) is 0 Å². The van der Waals surface area contributed by atoms with E-state index in [0.717, 1.165) is 17.0 Å². The van der Waals surface area contributed by atoms with Crippen molar-refractivity contribution in [1.29, 1.82) is 0 Å². The molecule has 134 valence electrons. The molecule has 3 heterocycles. The molecule has 6 nitrogen and oxygen atoms in total. The Morgan fingerprint density at radius 1 is 0.963 bits per heavy atom. The van der Waals surface area contributed by atoms with Gasteiger partial charge in [0.05, 0.1) is 24.4 Å². The lowest BCUT2D eigenvalue weighted by molar-refractivity contribution is -0.120. The molecular weight excluding hydrogens is 340 g/mol. The zero-order valence-corrected chi connectivity index (χ0v) is 14.8. The second-order valence-electron chi connectivity index (χ2n) is 6.10. The van der Waals surface area contributed by atoms with Crippen LogP contribution >= 0.6 is 0 Å². The Morgan fingerprint density at radius 3 is 2.41 bits per heavy atom. The third-order valence-electron chi connectivity index (χ3n) is 4.47. The molecule has 0 aliphatic carbocycles. The Hall–Kier alpha value is -3.54. The van der Waals surface area contributed by atoms with Crippen molar-refractivity contribution in [1.82, 2.24) is 9.97 Å². The van der Waals surface area contributed by atoms with E-state index in [1.807, 2.05) is 48.5 Å². The van der Waals surface area contributed by atoms with Crippen LogP contribution in [0.4, 0.5) is 5.82 Å². The van der Waals surface area contributed by atoms with Crippen molar-refractivity contribution in [2.45, 2.75) is 12.3 Å². The Labute approximate surface area is 157 Å². The topological polar surface area (TPSA) is 67.7 Å². The van der Waals surface area contributed by atoms with Crippen LogP contribution in [0.1, 0.15) is 23.6 Å². The van der Waals surface area contributed by atoms with Gasteiger partial charge in [0.1, 0.15) is 5.75 Å². The number of amides is 1. The Morgan fingerprint density at radius 2 is 1.70 bits per heavy atom. The van der Waals surface area contributed by atoms with Crippen LogP contribution in [-0.4, -0.2) is 28.7 Å². The molecule has 4 rings (SSSR count). The van der Waals surface area contributed by atoms with Gasteiger partial charge in [0.15, 0.2) is 5.82 Å². The number of pyridine rings is 2. The summed E-state index contributed by atoms with van der Waals surface area (Å²) in [6.45, 7) is 0. The van der Waals surface area contributed by atoms with E-state index >= 15 is 0 Å². The Kier molecular flexibility index (Phi) is 4.61. The number of benzene rings is 1. The summed E-state index contributed by atoms with van der Waals surface area (Å²) >= 11 is 0. The lowest BCUT2D eigenvalue weighted by Gasteiger charge is -2.29. The molecule has 0 saturated carbocycles. The average molecular weight is 358 g/mol. The van der Waals surface area contributed by atoms with E-state index < -0.39 is 5.92 Å². The fraction of sp³-hybridized carbons (Fsp3) is 0.143. The molecule has 1 amide bonds. The van der Waals surface area contributed by atoms with Gasteiger partial charge in [0.25, 0.3) is 5.91 Å². The van der Waals surface area contributed by atoms with E-state index in [2.05, 4.69) is 15.1 Å². The molecule has 1 atom stereocenters. The second kappa shape index (κ2) is 7.37. The van der Waals surface area contributed by atoms with E-state index in [4.69, 9.17) is 4.74 Å². The third kappa shape index (κ3) is 3.29. The smallest absolute Gasteiger partial charge is 0.256 e. The van der Waals surface area contributed by atoms with E-state index in [0.29, 0.717) is 18.0 Å². The molecule has 0 N–H and O–H groups in total. The van der Waals surface area contributed by atoms with Crippen LogP contribution < -0.4 is 9.75 Å². The highest BCUT2D eigenvalue weighted by Crippen LogP contribution is 2.35. The van der Waals surface area contributed by atoms with Crippen LogP contribution in [0.2, 0.25) is 0 Å². The Bertz CT molecular complexity index is 974. The normalized spacial score (nSPS) is 16.8. The molecule has 0 fully saturated rings. The van der Waals surface area contributed by atoms with Crippen LogP contribution in [0.3, 0.4) is 0 Å². The van der Waals surface area contributed by atoms with Gasteiger partial charge >= 0.3 is 0 Å². The lowest BCUT2D eigenvalue weighted by Crippen LogP contribution is -2.38. The molecule has 1 aromatic carbocycles. The molecule has 0 radical (unpaired) electrons. The number of ether oxygens (including phenoxy) is 1. The first kappa shape index (κ1) is 16.9. The van der Waals surface area contributed by atoms with Gasteiger partial charge in [0, 0.05) is 24.4 Å². The Balaban J connectivity index is 1.82. The van der Waals surface area contributed by atoms with Gasteiger partial charge in [0.2, 0.25) is 0 Å². The van der Waals surface area contributed by atoms with Crippen molar-refractivity contribution < 1.29 is 9.53 Å². The van der Waals surface area contributed by atoms with Crippen molar-refractivity contribution in [2.24, 2.45) is 5.10 Å². The summed E-state index contributed by atoms with van der Waals surface area (Å²) in [5, 5.41) is 5.93. The van der Waals surface area contributed by atoms with Gasteiger partial charge in [-0.15, -0.1) is 0 Å². The summed E-state index contributed by atoms with van der Waals surface area (Å²) in [6.07, 6.45) is 3.81. The number of methoxy groups -OCH3 is 1. The van der Waals surface area contributed by atoms with Gasteiger partial charge in [-0.2, -0.15) is 10.1 Å². The highest BCUT2D eigenvalue weighted by molar-refractivity contribution is 6.10. The number of nitrogens with zero attached hydrogens (tertiary/aromatic N) is 4. The van der Waals surface area contributed by atoms with Crippen molar-refractivity contribution in [3.05, 3.63) is 84.3 Å². The van der Waals surface area contributed by atoms with Crippen LogP contribution in [0.5, 0.6) is 5.75 Å². The molecule has 6 heteroatoms. The molecule has 0 saturated heterocycles. The standard InChI is InChI=1S/C21H18N4O2/c1-27-19-10-3-2-8-15(19)16-14-18(17-9-4-6-12-22-17)24-25(21(16)26)20-11-5-7-13-23-20/h2-13,16H,14H2,1H3. The summed E-state index contributed by atoms with van der Waals surface area (Å²) < 4.78 is 5.49. The van der Waals surface area contributed by atoms with Crippen LogP contribution in [-0.2, 0) is 4.79 Å². The van der Waals surface area contributed by atoms with E-state index in [1.165, 1.54) is 5.01 Å². The number of anilines is 1. The summed E-state index contributed by atoms with van der Waals surface area (Å²) in [5.74, 6) is 0.588. The first-order valence-electron chi connectivity index (χ1n) is 8.64. The minimum Gasteiger partial charge on any atom is -0.496 e. The minimum absolute atomic E-state index is 0.141. The fourth-order valence-electron chi connectivity index (χ4n) is 3.17. The number of para-hydroxylation sites is 1. The number of hydrogen-bond donors (Lipinski definition) is 0. The molecular formula is C21H18N4O2. The van der Waals surface area contributed by atoms with E-state index in [-0.39, 0.29) is 5.91 Å². The zero-order chi connectivity index (χ0) is 18.6. The number of aromatic nitrogens is 2. The molecule has 0 spiro atoms. The second-order valence-corrected chi connectivity index (χ2v) is 6.10. The quantitative estimate of drug-likeness (QED) is 0.717. The largest absolute Gasteiger partial charge is 0.496 e. The highest BCUT2D eigenvalue weighted by atomic mass is 16.5. The molecule has 2 aromatic heterocycles. The van der Waals surface area contributed by atoms with Crippen LogP contribution in [0.15, 0.2) is 78.2 Å². The summed E-state index contributed by atoms with van der Waals surface area (Å²) in [7, 11) is 1.61. The predicted molar refractivity (Wildman–Crippen MR) is 103 cm³/mol. The SMILES string of the molecule is COc1ccccc1C1CC(c2ccccn2)=NN(c2ccccn2)C1=O. The fourth-order valence-corrected chi connectivity index (χ4v) is 3.17.